The molecule has 3 nitrogen and oxygen atoms in total. The Morgan fingerprint density at radius 2 is 1.89 bits per heavy atom. The van der Waals surface area contributed by atoms with Crippen LogP contribution >= 0.6 is 0 Å². The summed E-state index contributed by atoms with van der Waals surface area (Å²) >= 11 is 0. The Morgan fingerprint density at radius 1 is 1.22 bits per heavy atom. The summed E-state index contributed by atoms with van der Waals surface area (Å²) < 4.78 is 5.88. The number of hydrogen-bond acceptors (Lipinski definition) is 3. The molecule has 2 rings (SSSR count). The number of allylic oxidation sites excluding steroid dienone is 1. The van der Waals surface area contributed by atoms with Gasteiger partial charge in [-0.3, -0.25) is 0 Å². The zero-order valence-electron chi connectivity index (χ0n) is 11.3. The highest BCUT2D eigenvalue weighted by atomic mass is 16.5. The monoisotopic (exact) mass is 248 g/mol. The second-order valence-electron chi connectivity index (χ2n) is 5.54. The van der Waals surface area contributed by atoms with Crippen LogP contribution in [0.3, 0.4) is 0 Å². The largest absolute Gasteiger partial charge is 0.508 e. The molecule has 18 heavy (non-hydrogen) atoms. The van der Waals surface area contributed by atoms with E-state index in [9.17, 15) is 10.2 Å². The van der Waals surface area contributed by atoms with Crippen LogP contribution in [0.5, 0.6) is 11.5 Å². The van der Waals surface area contributed by atoms with Gasteiger partial charge in [-0.25, -0.2) is 0 Å². The zero-order valence-corrected chi connectivity index (χ0v) is 11.3. The van der Waals surface area contributed by atoms with E-state index in [1.165, 1.54) is 0 Å². The van der Waals surface area contributed by atoms with Crippen LogP contribution < -0.4 is 4.74 Å². The third-order valence-corrected chi connectivity index (χ3v) is 3.34. The average Bonchev–Trinajstić information content (AvgIpc) is 2.40. The molecular weight excluding hydrogens is 228 g/mol. The molecule has 0 saturated heterocycles. The van der Waals surface area contributed by atoms with Crippen molar-refractivity contribution in [2.75, 3.05) is 0 Å². The Balaban J connectivity index is 2.48. The summed E-state index contributed by atoms with van der Waals surface area (Å²) in [6, 6.07) is 3.57. The summed E-state index contributed by atoms with van der Waals surface area (Å²) in [6.45, 7) is 7.33. The number of aromatic hydroxyl groups is 1. The van der Waals surface area contributed by atoms with Gasteiger partial charge in [0.25, 0.3) is 0 Å². The SMILES string of the molecule is Cc1cc2c(cc1O)[C@H](C)C=C[C@H](C(C)(C)O)O2. The minimum Gasteiger partial charge on any atom is -0.508 e. The van der Waals surface area contributed by atoms with Crippen LogP contribution in [0.15, 0.2) is 24.3 Å². The van der Waals surface area contributed by atoms with Crippen molar-refractivity contribution in [1.82, 2.24) is 0 Å². The molecule has 1 aromatic carbocycles. The maximum atomic E-state index is 10.1. The highest BCUT2D eigenvalue weighted by Gasteiger charge is 2.29. The average molecular weight is 248 g/mol. The molecule has 0 amide bonds. The number of rotatable bonds is 1. The molecule has 0 fully saturated rings. The van der Waals surface area contributed by atoms with Gasteiger partial charge in [-0.1, -0.05) is 13.0 Å². The third-order valence-electron chi connectivity index (χ3n) is 3.34. The highest BCUT2D eigenvalue weighted by molar-refractivity contribution is 5.49. The predicted molar refractivity (Wildman–Crippen MR) is 71.1 cm³/mol. The van der Waals surface area contributed by atoms with Gasteiger partial charge in [-0.05, 0) is 44.5 Å². The smallest absolute Gasteiger partial charge is 0.145 e. The summed E-state index contributed by atoms with van der Waals surface area (Å²) in [7, 11) is 0. The summed E-state index contributed by atoms with van der Waals surface area (Å²) in [5.41, 5.74) is 0.780. The third kappa shape index (κ3) is 2.36. The second kappa shape index (κ2) is 4.32. The van der Waals surface area contributed by atoms with Crippen LogP contribution in [0.1, 0.15) is 37.8 Å². The number of benzene rings is 1. The number of phenolic OH excluding ortho intramolecular Hbond substituents is 1. The topological polar surface area (TPSA) is 49.7 Å². The van der Waals surface area contributed by atoms with Crippen molar-refractivity contribution >= 4 is 0 Å². The van der Waals surface area contributed by atoms with Gasteiger partial charge in [-0.15, -0.1) is 0 Å². The fraction of sp³-hybridized carbons (Fsp3) is 0.467. The lowest BCUT2D eigenvalue weighted by Crippen LogP contribution is -2.38. The van der Waals surface area contributed by atoms with Crippen LogP contribution in [-0.4, -0.2) is 21.9 Å². The van der Waals surface area contributed by atoms with E-state index < -0.39 is 5.60 Å². The van der Waals surface area contributed by atoms with Gasteiger partial charge >= 0.3 is 0 Å². The number of phenols is 1. The van der Waals surface area contributed by atoms with Crippen LogP contribution in [0.4, 0.5) is 0 Å². The molecule has 0 saturated carbocycles. The normalized spacial score (nSPS) is 23.2. The molecule has 0 radical (unpaired) electrons. The molecule has 3 heteroatoms. The van der Waals surface area contributed by atoms with E-state index in [2.05, 4.69) is 0 Å². The first-order chi connectivity index (χ1) is 8.29. The summed E-state index contributed by atoms with van der Waals surface area (Å²) in [4.78, 5) is 0. The van der Waals surface area contributed by atoms with E-state index in [0.29, 0.717) is 0 Å². The van der Waals surface area contributed by atoms with Gasteiger partial charge in [0.05, 0.1) is 5.60 Å². The van der Waals surface area contributed by atoms with Crippen LogP contribution in [0.25, 0.3) is 0 Å². The van der Waals surface area contributed by atoms with Gasteiger partial charge in [0.2, 0.25) is 0 Å². The number of ether oxygens (including phenoxy) is 1. The van der Waals surface area contributed by atoms with Gasteiger partial charge in [0.15, 0.2) is 0 Å². The van der Waals surface area contributed by atoms with Crippen molar-refractivity contribution < 1.29 is 14.9 Å². The van der Waals surface area contributed by atoms with E-state index in [1.54, 1.807) is 19.9 Å². The summed E-state index contributed by atoms with van der Waals surface area (Å²) in [5.74, 6) is 1.16. The molecule has 0 spiro atoms. The van der Waals surface area contributed by atoms with Crippen molar-refractivity contribution in [1.29, 1.82) is 0 Å². The van der Waals surface area contributed by atoms with Crippen molar-refractivity contribution in [3.05, 3.63) is 35.4 Å². The van der Waals surface area contributed by atoms with Crippen LogP contribution in [0, 0.1) is 6.92 Å². The lowest BCUT2D eigenvalue weighted by Gasteiger charge is -2.27. The van der Waals surface area contributed by atoms with Crippen LogP contribution in [0.2, 0.25) is 0 Å². The standard InChI is InChI=1S/C15H20O3/c1-9-5-6-14(15(3,4)17)18-13-7-10(2)12(16)8-11(9)13/h5-9,14,16-17H,1-4H3/t9-,14-/m1/s1. The molecule has 1 aliphatic heterocycles. The van der Waals surface area contributed by atoms with Crippen molar-refractivity contribution in [3.8, 4) is 11.5 Å². The first-order valence-corrected chi connectivity index (χ1v) is 6.20. The molecule has 0 unspecified atom stereocenters. The second-order valence-corrected chi connectivity index (χ2v) is 5.54. The van der Waals surface area contributed by atoms with E-state index >= 15 is 0 Å². The highest BCUT2D eigenvalue weighted by Crippen LogP contribution is 2.37. The minimum atomic E-state index is -0.941. The van der Waals surface area contributed by atoms with Gasteiger partial charge < -0.3 is 14.9 Å². The van der Waals surface area contributed by atoms with Crippen molar-refractivity contribution in [3.63, 3.8) is 0 Å². The fourth-order valence-electron chi connectivity index (χ4n) is 2.07. The Morgan fingerprint density at radius 3 is 2.50 bits per heavy atom. The number of aliphatic hydroxyl groups is 1. The summed E-state index contributed by atoms with van der Waals surface area (Å²) in [6.07, 6.45) is 3.51. The molecule has 0 aliphatic carbocycles. The molecule has 0 aromatic heterocycles. The summed E-state index contributed by atoms with van der Waals surface area (Å²) in [5, 5.41) is 19.9. The Bertz CT molecular complexity index is 483. The lowest BCUT2D eigenvalue weighted by atomic mass is 9.97. The molecule has 2 atom stereocenters. The molecule has 2 N–H and O–H groups in total. The molecule has 1 heterocycles. The quantitative estimate of drug-likeness (QED) is 0.751. The van der Waals surface area contributed by atoms with Crippen molar-refractivity contribution in [2.24, 2.45) is 0 Å². The van der Waals surface area contributed by atoms with Crippen molar-refractivity contribution in [2.45, 2.75) is 45.3 Å². The minimum absolute atomic E-state index is 0.152. The van der Waals surface area contributed by atoms with E-state index in [-0.39, 0.29) is 17.8 Å². The number of hydrogen-bond donors (Lipinski definition) is 2. The molecule has 1 aromatic rings. The van der Waals surface area contributed by atoms with Crippen LogP contribution in [-0.2, 0) is 0 Å². The molecular formula is C15H20O3. The first kappa shape index (κ1) is 13.0. The van der Waals surface area contributed by atoms with Gasteiger partial charge in [0.1, 0.15) is 17.6 Å². The predicted octanol–water partition coefficient (Wildman–Crippen LogP) is 2.89. The number of fused-ring (bicyclic) bond motifs is 1. The first-order valence-electron chi connectivity index (χ1n) is 6.20. The molecule has 0 bridgehead atoms. The fourth-order valence-corrected chi connectivity index (χ4v) is 2.07. The Hall–Kier alpha value is -1.48. The maximum absolute atomic E-state index is 10.1. The van der Waals surface area contributed by atoms with E-state index in [0.717, 1.165) is 16.9 Å². The maximum Gasteiger partial charge on any atom is 0.145 e. The van der Waals surface area contributed by atoms with Gasteiger partial charge in [0, 0.05) is 11.5 Å². The number of aryl methyl sites for hydroxylation is 1. The molecule has 98 valence electrons. The Labute approximate surface area is 108 Å². The lowest BCUT2D eigenvalue weighted by molar-refractivity contribution is -0.00963. The van der Waals surface area contributed by atoms with Gasteiger partial charge in [-0.2, -0.15) is 0 Å². The van der Waals surface area contributed by atoms with E-state index in [1.807, 2.05) is 32.1 Å². The Kier molecular flexibility index (Phi) is 3.11. The van der Waals surface area contributed by atoms with E-state index in [4.69, 9.17) is 4.74 Å². The molecule has 1 aliphatic rings. The zero-order chi connectivity index (χ0) is 13.5.